The predicted octanol–water partition coefficient (Wildman–Crippen LogP) is 1.40. The lowest BCUT2D eigenvalue weighted by Crippen LogP contribution is -2.36. The molecular weight excluding hydrogens is 246 g/mol. The minimum Gasteiger partial charge on any atom is -0.358 e. The molecule has 6 heteroatoms. The average molecular weight is 267 g/mol. The van der Waals surface area contributed by atoms with Crippen molar-refractivity contribution in [1.29, 1.82) is 0 Å². The summed E-state index contributed by atoms with van der Waals surface area (Å²) in [6.07, 6.45) is 1.90. The molecule has 1 aromatic rings. The van der Waals surface area contributed by atoms with Gasteiger partial charge in [0.05, 0.1) is 12.2 Å². The molecule has 19 heavy (non-hydrogen) atoms. The summed E-state index contributed by atoms with van der Waals surface area (Å²) in [5.41, 5.74) is 0.793. The largest absolute Gasteiger partial charge is 0.358 e. The van der Waals surface area contributed by atoms with Gasteiger partial charge in [-0.25, -0.2) is 0 Å². The second kappa shape index (κ2) is 6.92. The summed E-state index contributed by atoms with van der Waals surface area (Å²) in [7, 11) is 3.08. The first-order chi connectivity index (χ1) is 9.03. The maximum Gasteiger partial charge on any atom is 0.292 e. The molecule has 1 rings (SSSR count). The van der Waals surface area contributed by atoms with Crippen LogP contribution in [-0.4, -0.2) is 42.5 Å². The Balaban J connectivity index is 2.75. The number of aromatic nitrogens is 1. The van der Waals surface area contributed by atoms with E-state index >= 15 is 0 Å². The fraction of sp³-hybridized carbons (Fsp3) is 0.615. The molecule has 0 spiro atoms. The minimum absolute atomic E-state index is 0.00362. The lowest BCUT2D eigenvalue weighted by molar-refractivity contribution is -0.121. The molecule has 2 amide bonds. The Bertz CT molecular complexity index is 438. The van der Waals surface area contributed by atoms with Crippen molar-refractivity contribution in [3.8, 4) is 0 Å². The first kappa shape index (κ1) is 15.2. The maximum absolute atomic E-state index is 12.0. The van der Waals surface area contributed by atoms with Crippen LogP contribution in [0.1, 0.15) is 48.9 Å². The number of carbonyl (C=O) groups excluding carboxylic acids is 2. The lowest BCUT2D eigenvalue weighted by atomic mass is 9.99. The highest BCUT2D eigenvalue weighted by Gasteiger charge is 2.21. The Kier molecular flexibility index (Phi) is 5.54. The third-order valence-electron chi connectivity index (χ3n) is 3.15. The van der Waals surface area contributed by atoms with Gasteiger partial charge in [-0.15, -0.1) is 0 Å². The molecule has 0 fully saturated rings. The highest BCUT2D eigenvalue weighted by molar-refractivity contribution is 5.94. The molecule has 0 aromatic carbocycles. The summed E-state index contributed by atoms with van der Waals surface area (Å²) in [4.78, 5) is 24.5. The van der Waals surface area contributed by atoms with Crippen LogP contribution < -0.4 is 5.32 Å². The van der Waals surface area contributed by atoms with Gasteiger partial charge in [0, 0.05) is 26.1 Å². The van der Waals surface area contributed by atoms with Crippen LogP contribution in [0, 0.1) is 0 Å². The van der Waals surface area contributed by atoms with Gasteiger partial charge < -0.3 is 14.7 Å². The Labute approximate surface area is 113 Å². The van der Waals surface area contributed by atoms with Crippen LogP contribution in [0.15, 0.2) is 10.6 Å². The number of rotatable bonds is 6. The van der Waals surface area contributed by atoms with Crippen LogP contribution in [0.2, 0.25) is 0 Å². The van der Waals surface area contributed by atoms with Gasteiger partial charge in [-0.1, -0.05) is 19.0 Å². The van der Waals surface area contributed by atoms with Crippen molar-refractivity contribution in [2.24, 2.45) is 0 Å². The first-order valence-electron chi connectivity index (χ1n) is 6.46. The van der Waals surface area contributed by atoms with E-state index in [-0.39, 0.29) is 24.1 Å². The summed E-state index contributed by atoms with van der Waals surface area (Å²) in [6, 6.07) is 1.67. The highest BCUT2D eigenvalue weighted by atomic mass is 16.5. The number of nitrogens with one attached hydrogen (secondary N) is 1. The zero-order valence-electron chi connectivity index (χ0n) is 11.9. The summed E-state index contributed by atoms with van der Waals surface area (Å²) >= 11 is 0. The Morgan fingerprint density at radius 1 is 1.42 bits per heavy atom. The van der Waals surface area contributed by atoms with Gasteiger partial charge in [-0.3, -0.25) is 9.59 Å². The molecule has 0 saturated carbocycles. The zero-order valence-corrected chi connectivity index (χ0v) is 11.9. The molecular formula is C13H21N3O3. The fourth-order valence-corrected chi connectivity index (χ4v) is 1.84. The summed E-state index contributed by atoms with van der Waals surface area (Å²) in [5.74, 6) is -0.0910. The molecule has 0 bridgehead atoms. The number of hydrogen-bond donors (Lipinski definition) is 1. The Hall–Kier alpha value is -1.85. The van der Waals surface area contributed by atoms with E-state index in [1.807, 2.05) is 0 Å². The van der Waals surface area contributed by atoms with Crippen molar-refractivity contribution >= 4 is 11.8 Å². The molecule has 0 aliphatic heterocycles. The van der Waals surface area contributed by atoms with E-state index in [0.29, 0.717) is 5.92 Å². The number of hydrogen-bond acceptors (Lipinski definition) is 4. The first-order valence-corrected chi connectivity index (χ1v) is 6.46. The van der Waals surface area contributed by atoms with Gasteiger partial charge in [0.2, 0.25) is 11.7 Å². The van der Waals surface area contributed by atoms with Crippen molar-refractivity contribution < 1.29 is 14.1 Å². The van der Waals surface area contributed by atoms with Crippen LogP contribution in [0.3, 0.4) is 0 Å². The monoisotopic (exact) mass is 267 g/mol. The van der Waals surface area contributed by atoms with Gasteiger partial charge >= 0.3 is 0 Å². The van der Waals surface area contributed by atoms with Gasteiger partial charge in [0.1, 0.15) is 0 Å². The molecule has 6 nitrogen and oxygen atoms in total. The van der Waals surface area contributed by atoms with Crippen LogP contribution in [-0.2, 0) is 4.79 Å². The van der Waals surface area contributed by atoms with E-state index < -0.39 is 0 Å². The fourth-order valence-electron chi connectivity index (χ4n) is 1.84. The molecule has 0 radical (unpaired) electrons. The van der Waals surface area contributed by atoms with E-state index in [9.17, 15) is 9.59 Å². The molecule has 0 unspecified atom stereocenters. The molecule has 0 atom stereocenters. The second-order valence-corrected chi connectivity index (χ2v) is 4.46. The lowest BCUT2D eigenvalue weighted by Gasteiger charge is -2.13. The zero-order chi connectivity index (χ0) is 14.4. The number of likely N-dealkylation sites (N-methyl/N-ethyl adjacent to an activating group) is 2. The third-order valence-corrected chi connectivity index (χ3v) is 3.15. The van der Waals surface area contributed by atoms with E-state index in [0.717, 1.165) is 18.5 Å². The van der Waals surface area contributed by atoms with E-state index in [4.69, 9.17) is 4.52 Å². The second-order valence-electron chi connectivity index (χ2n) is 4.46. The number of amides is 2. The summed E-state index contributed by atoms with van der Waals surface area (Å²) in [6.45, 7) is 4.14. The van der Waals surface area contributed by atoms with Crippen LogP contribution in [0.5, 0.6) is 0 Å². The molecule has 1 aromatic heterocycles. The SMILES string of the molecule is CCC(CC)c1cc(C(=O)N(C)CC(=O)NC)on1. The summed E-state index contributed by atoms with van der Waals surface area (Å²) in [5, 5.41) is 6.40. The van der Waals surface area contributed by atoms with Gasteiger partial charge in [0.25, 0.3) is 5.91 Å². The van der Waals surface area contributed by atoms with Crippen LogP contribution in [0.25, 0.3) is 0 Å². The summed E-state index contributed by atoms with van der Waals surface area (Å²) < 4.78 is 5.07. The van der Waals surface area contributed by atoms with Crippen molar-refractivity contribution in [2.45, 2.75) is 32.6 Å². The van der Waals surface area contributed by atoms with Crippen molar-refractivity contribution in [2.75, 3.05) is 20.6 Å². The number of carbonyl (C=O) groups is 2. The Morgan fingerprint density at radius 2 is 2.05 bits per heavy atom. The molecule has 106 valence electrons. The van der Waals surface area contributed by atoms with Crippen molar-refractivity contribution in [3.63, 3.8) is 0 Å². The number of nitrogens with zero attached hydrogens (tertiary/aromatic N) is 2. The predicted molar refractivity (Wildman–Crippen MR) is 70.9 cm³/mol. The molecule has 0 aliphatic rings. The van der Waals surface area contributed by atoms with E-state index in [1.54, 1.807) is 13.1 Å². The molecule has 1 N–H and O–H groups in total. The normalized spacial score (nSPS) is 10.6. The third kappa shape index (κ3) is 3.81. The van der Waals surface area contributed by atoms with Gasteiger partial charge in [0.15, 0.2) is 0 Å². The minimum atomic E-state index is -0.340. The van der Waals surface area contributed by atoms with Gasteiger partial charge in [-0.2, -0.15) is 0 Å². The van der Waals surface area contributed by atoms with Crippen molar-refractivity contribution in [1.82, 2.24) is 15.4 Å². The van der Waals surface area contributed by atoms with Crippen LogP contribution >= 0.6 is 0 Å². The quantitative estimate of drug-likeness (QED) is 0.845. The smallest absolute Gasteiger partial charge is 0.292 e. The van der Waals surface area contributed by atoms with E-state index in [1.165, 1.54) is 11.9 Å². The molecule has 1 heterocycles. The maximum atomic E-state index is 12.0. The molecule has 0 aliphatic carbocycles. The van der Waals surface area contributed by atoms with Crippen LogP contribution in [0.4, 0.5) is 0 Å². The molecule has 0 saturated heterocycles. The highest BCUT2D eigenvalue weighted by Crippen LogP contribution is 2.22. The standard InChI is InChI=1S/C13H21N3O3/c1-5-9(6-2)10-7-11(19-15-10)13(18)16(4)8-12(17)14-3/h7,9H,5-6,8H2,1-4H3,(H,14,17). The van der Waals surface area contributed by atoms with Crippen molar-refractivity contribution in [3.05, 3.63) is 17.5 Å². The average Bonchev–Trinajstić information content (AvgIpc) is 2.88. The van der Waals surface area contributed by atoms with Gasteiger partial charge in [-0.05, 0) is 12.8 Å². The topological polar surface area (TPSA) is 75.4 Å². The Morgan fingerprint density at radius 3 is 2.58 bits per heavy atom. The van der Waals surface area contributed by atoms with E-state index in [2.05, 4.69) is 24.3 Å².